The van der Waals surface area contributed by atoms with E-state index in [1.54, 1.807) is 0 Å². The van der Waals surface area contributed by atoms with Crippen molar-refractivity contribution in [3.63, 3.8) is 0 Å². The Labute approximate surface area is 114 Å². The molecule has 4 heteroatoms. The van der Waals surface area contributed by atoms with Crippen molar-refractivity contribution in [2.24, 2.45) is 5.73 Å². The molecule has 0 spiro atoms. The van der Waals surface area contributed by atoms with Crippen LogP contribution in [0.25, 0.3) is 0 Å². The smallest absolute Gasteiger partial charge is 0.103 e. The highest BCUT2D eigenvalue weighted by Crippen LogP contribution is 2.16. The maximum atomic E-state index is 5.69. The Hall–Kier alpha value is -1.13. The molecule has 1 unspecified atom stereocenters. The fraction of sp³-hybridized carbons (Fsp3) is 0.500. The van der Waals surface area contributed by atoms with Gasteiger partial charge in [0.25, 0.3) is 0 Å². The van der Waals surface area contributed by atoms with Gasteiger partial charge in [0, 0.05) is 24.4 Å². The van der Waals surface area contributed by atoms with Gasteiger partial charge in [-0.05, 0) is 49.9 Å². The van der Waals surface area contributed by atoms with Crippen LogP contribution in [0.1, 0.15) is 31.2 Å². The second-order valence-corrected chi connectivity index (χ2v) is 5.09. The molecule has 1 fully saturated rings. The Morgan fingerprint density at radius 3 is 2.72 bits per heavy atom. The molecule has 2 rings (SSSR count). The van der Waals surface area contributed by atoms with Crippen molar-refractivity contribution in [3.05, 3.63) is 29.8 Å². The van der Waals surface area contributed by atoms with Crippen molar-refractivity contribution in [1.29, 1.82) is 0 Å². The van der Waals surface area contributed by atoms with E-state index in [0.29, 0.717) is 11.1 Å². The van der Waals surface area contributed by atoms with Crippen molar-refractivity contribution in [3.8, 4) is 0 Å². The number of hydrogen-bond acceptors (Lipinski definition) is 3. The fourth-order valence-electron chi connectivity index (χ4n) is 2.16. The summed E-state index contributed by atoms with van der Waals surface area (Å²) in [5, 5.41) is 3.39. The van der Waals surface area contributed by atoms with Crippen molar-refractivity contribution in [2.75, 3.05) is 18.5 Å². The third-order valence-corrected chi connectivity index (χ3v) is 3.47. The van der Waals surface area contributed by atoms with Crippen LogP contribution in [0.3, 0.4) is 0 Å². The van der Waals surface area contributed by atoms with E-state index in [1.807, 2.05) is 24.3 Å². The van der Waals surface area contributed by atoms with Gasteiger partial charge in [-0.15, -0.1) is 0 Å². The largest absolute Gasteiger partial charge is 0.389 e. The Morgan fingerprint density at radius 1 is 1.33 bits per heavy atom. The van der Waals surface area contributed by atoms with Crippen molar-refractivity contribution in [1.82, 2.24) is 0 Å². The summed E-state index contributed by atoms with van der Waals surface area (Å²) in [5.41, 5.74) is 7.57. The summed E-state index contributed by atoms with van der Waals surface area (Å²) >= 11 is 4.92. The molecular formula is C14H20N2OS. The van der Waals surface area contributed by atoms with Crippen LogP contribution in [-0.4, -0.2) is 24.2 Å². The molecule has 0 aliphatic carbocycles. The fourth-order valence-corrected chi connectivity index (χ4v) is 2.30. The van der Waals surface area contributed by atoms with Crippen LogP contribution >= 0.6 is 12.2 Å². The van der Waals surface area contributed by atoms with Crippen molar-refractivity contribution in [2.45, 2.75) is 31.8 Å². The summed E-state index contributed by atoms with van der Waals surface area (Å²) in [4.78, 5) is 0.442. The van der Waals surface area contributed by atoms with Crippen LogP contribution < -0.4 is 11.1 Å². The Kier molecular flexibility index (Phi) is 4.96. The zero-order valence-corrected chi connectivity index (χ0v) is 11.3. The minimum absolute atomic E-state index is 0.433. The first-order valence-corrected chi connectivity index (χ1v) is 6.92. The van der Waals surface area contributed by atoms with E-state index in [2.05, 4.69) is 5.32 Å². The van der Waals surface area contributed by atoms with E-state index >= 15 is 0 Å². The highest BCUT2D eigenvalue weighted by molar-refractivity contribution is 7.80. The summed E-state index contributed by atoms with van der Waals surface area (Å²) < 4.78 is 5.69. The number of ether oxygens (including phenoxy) is 1. The molecule has 0 aromatic heterocycles. The molecule has 1 saturated heterocycles. The molecule has 0 bridgehead atoms. The van der Waals surface area contributed by atoms with Crippen LogP contribution in [0.4, 0.5) is 5.69 Å². The second-order valence-electron chi connectivity index (χ2n) is 4.65. The van der Waals surface area contributed by atoms with Gasteiger partial charge in [-0.1, -0.05) is 12.2 Å². The maximum Gasteiger partial charge on any atom is 0.103 e. The first kappa shape index (κ1) is 13.3. The van der Waals surface area contributed by atoms with Gasteiger partial charge >= 0.3 is 0 Å². The lowest BCUT2D eigenvalue weighted by Crippen LogP contribution is -2.22. The van der Waals surface area contributed by atoms with Crippen LogP contribution in [-0.2, 0) is 4.74 Å². The van der Waals surface area contributed by atoms with Crippen LogP contribution in [0.2, 0.25) is 0 Å². The quantitative estimate of drug-likeness (QED) is 0.803. The third kappa shape index (κ3) is 3.96. The summed E-state index contributed by atoms with van der Waals surface area (Å²) in [6, 6.07) is 7.91. The van der Waals surface area contributed by atoms with Crippen LogP contribution in [0.5, 0.6) is 0 Å². The number of anilines is 1. The predicted octanol–water partition coefficient (Wildman–Crippen LogP) is 2.69. The molecular weight excluding hydrogens is 244 g/mol. The SMILES string of the molecule is NC(=S)c1ccc(NCCC2CCCCO2)cc1. The lowest BCUT2D eigenvalue weighted by atomic mass is 10.1. The monoisotopic (exact) mass is 264 g/mol. The highest BCUT2D eigenvalue weighted by Gasteiger charge is 2.12. The number of thiocarbonyl (C=S) groups is 1. The Balaban J connectivity index is 1.74. The number of benzene rings is 1. The summed E-state index contributed by atoms with van der Waals surface area (Å²) in [7, 11) is 0. The van der Waals surface area contributed by atoms with E-state index in [4.69, 9.17) is 22.7 Å². The molecule has 1 aromatic rings. The van der Waals surface area contributed by atoms with Gasteiger partial charge in [0.15, 0.2) is 0 Å². The molecule has 0 amide bonds. The summed E-state index contributed by atoms with van der Waals surface area (Å²) in [5.74, 6) is 0. The topological polar surface area (TPSA) is 47.3 Å². The van der Waals surface area contributed by atoms with Gasteiger partial charge in [-0.3, -0.25) is 0 Å². The predicted molar refractivity (Wildman–Crippen MR) is 79.0 cm³/mol. The van der Waals surface area contributed by atoms with E-state index in [1.165, 1.54) is 19.3 Å². The average Bonchev–Trinajstić information content (AvgIpc) is 2.40. The molecule has 1 aliphatic rings. The first-order valence-electron chi connectivity index (χ1n) is 6.51. The molecule has 3 N–H and O–H groups in total. The molecule has 0 radical (unpaired) electrons. The molecule has 18 heavy (non-hydrogen) atoms. The second kappa shape index (κ2) is 6.71. The molecule has 1 heterocycles. The van der Waals surface area contributed by atoms with Crippen LogP contribution in [0.15, 0.2) is 24.3 Å². The van der Waals surface area contributed by atoms with E-state index in [0.717, 1.165) is 30.8 Å². The van der Waals surface area contributed by atoms with E-state index in [-0.39, 0.29) is 0 Å². The normalized spacial score (nSPS) is 19.4. The zero-order chi connectivity index (χ0) is 12.8. The minimum Gasteiger partial charge on any atom is -0.389 e. The number of rotatable bonds is 5. The van der Waals surface area contributed by atoms with Gasteiger partial charge in [-0.25, -0.2) is 0 Å². The zero-order valence-electron chi connectivity index (χ0n) is 10.5. The van der Waals surface area contributed by atoms with Crippen LogP contribution in [0, 0.1) is 0 Å². The number of hydrogen-bond donors (Lipinski definition) is 2. The highest BCUT2D eigenvalue weighted by atomic mass is 32.1. The Morgan fingerprint density at radius 2 is 2.11 bits per heavy atom. The van der Waals surface area contributed by atoms with Gasteiger partial charge in [0.05, 0.1) is 6.10 Å². The van der Waals surface area contributed by atoms with Crippen molar-refractivity contribution < 1.29 is 4.74 Å². The minimum atomic E-state index is 0.433. The van der Waals surface area contributed by atoms with E-state index < -0.39 is 0 Å². The Bertz CT molecular complexity index is 385. The standard InChI is InChI=1S/C14H20N2OS/c15-14(18)11-4-6-12(7-5-11)16-9-8-13-3-1-2-10-17-13/h4-7,13,16H,1-3,8-10H2,(H2,15,18). The lowest BCUT2D eigenvalue weighted by Gasteiger charge is -2.22. The number of nitrogens with one attached hydrogen (secondary N) is 1. The van der Waals surface area contributed by atoms with E-state index in [9.17, 15) is 0 Å². The first-order chi connectivity index (χ1) is 8.75. The molecule has 1 aliphatic heterocycles. The maximum absolute atomic E-state index is 5.69. The van der Waals surface area contributed by atoms with Gasteiger partial charge in [-0.2, -0.15) is 0 Å². The third-order valence-electron chi connectivity index (χ3n) is 3.24. The van der Waals surface area contributed by atoms with Gasteiger partial charge in [0.1, 0.15) is 4.99 Å². The van der Waals surface area contributed by atoms with Crippen molar-refractivity contribution >= 4 is 22.9 Å². The molecule has 98 valence electrons. The molecule has 1 atom stereocenters. The summed E-state index contributed by atoms with van der Waals surface area (Å²) in [6.45, 7) is 1.87. The average molecular weight is 264 g/mol. The number of nitrogens with two attached hydrogens (primary N) is 1. The van der Waals surface area contributed by atoms with Gasteiger partial charge in [0.2, 0.25) is 0 Å². The van der Waals surface area contributed by atoms with Gasteiger partial charge < -0.3 is 15.8 Å². The lowest BCUT2D eigenvalue weighted by molar-refractivity contribution is 0.0134. The molecule has 1 aromatic carbocycles. The summed E-state index contributed by atoms with van der Waals surface area (Å²) in [6.07, 6.45) is 5.21. The molecule has 0 saturated carbocycles. The molecule has 3 nitrogen and oxygen atoms in total.